The number of ketones is 1. The van der Waals surface area contributed by atoms with Crippen molar-refractivity contribution in [1.82, 2.24) is 0 Å². The zero-order valence-corrected chi connectivity index (χ0v) is 22.2. The smallest absolute Gasteiger partial charge is 0.351 e. The second kappa shape index (κ2) is 7.24. The van der Waals surface area contributed by atoms with E-state index in [1.807, 2.05) is 0 Å². The first-order chi connectivity index (χ1) is 14.3. The van der Waals surface area contributed by atoms with Crippen LogP contribution in [0.25, 0.3) is 0 Å². The number of esters is 2. The van der Waals surface area contributed by atoms with Gasteiger partial charge in [0.15, 0.2) is 19.7 Å². The first kappa shape index (κ1) is 25.1. The zero-order valence-electron chi connectivity index (χ0n) is 21.2. The van der Waals surface area contributed by atoms with Crippen molar-refractivity contribution in [1.29, 1.82) is 0 Å². The van der Waals surface area contributed by atoms with Gasteiger partial charge in [-0.25, -0.2) is 9.59 Å². The second-order valence-corrected chi connectivity index (χ2v) is 16.9. The number of fused-ring (bicyclic) bond motifs is 3. The molecule has 0 aliphatic carbocycles. The SMILES string of the molecule is CC1=C(C)[C@]2(C[C@]3(CO[Si](C)(C)C(C)(C)C)CCC(=O)[C@@]2(C(=O)OC(C)(C)C)O3)OC1=O. The van der Waals surface area contributed by atoms with Gasteiger partial charge >= 0.3 is 11.9 Å². The normalized spacial score (nSPS) is 33.2. The standard InChI is InChI=1S/C24H38O7Si/c1-15-16(2)23(29-18(15)26)13-22(14-28-32(9,10)21(6,7)8)12-11-17(25)24(23,31-22)19(27)30-20(3,4)5/h11-14H2,1-10H3/t22-,23-,24-/m0/s1. The van der Waals surface area contributed by atoms with Crippen LogP contribution in [0, 0.1) is 0 Å². The molecule has 3 rings (SSSR count). The molecule has 0 unspecified atom stereocenters. The van der Waals surface area contributed by atoms with E-state index >= 15 is 0 Å². The van der Waals surface area contributed by atoms with Crippen molar-refractivity contribution in [3.63, 3.8) is 0 Å². The maximum Gasteiger partial charge on any atom is 0.351 e. The van der Waals surface area contributed by atoms with Gasteiger partial charge in [0.05, 0.1) is 12.2 Å². The molecule has 0 aromatic carbocycles. The largest absolute Gasteiger partial charge is 0.457 e. The van der Waals surface area contributed by atoms with Gasteiger partial charge in [0.1, 0.15) is 5.60 Å². The van der Waals surface area contributed by atoms with E-state index in [0.717, 1.165) is 0 Å². The topological polar surface area (TPSA) is 88.1 Å². The number of carbonyl (C=O) groups excluding carboxylic acids is 3. The third-order valence-corrected chi connectivity index (χ3v) is 12.1. The van der Waals surface area contributed by atoms with Crippen molar-refractivity contribution >= 4 is 26.0 Å². The molecule has 2 bridgehead atoms. The summed E-state index contributed by atoms with van der Waals surface area (Å²) in [4.78, 5) is 39.7. The Labute approximate surface area is 192 Å². The minimum Gasteiger partial charge on any atom is -0.457 e. The van der Waals surface area contributed by atoms with Crippen molar-refractivity contribution in [2.45, 2.75) is 115 Å². The Morgan fingerprint density at radius 1 is 1.09 bits per heavy atom. The van der Waals surface area contributed by atoms with Crippen molar-refractivity contribution in [3.05, 3.63) is 11.1 Å². The van der Waals surface area contributed by atoms with Crippen molar-refractivity contribution < 1.29 is 33.0 Å². The summed E-state index contributed by atoms with van der Waals surface area (Å²) in [6.45, 7) is 19.6. The molecule has 8 heteroatoms. The summed E-state index contributed by atoms with van der Waals surface area (Å²) in [6.07, 6.45) is 0.719. The van der Waals surface area contributed by atoms with Gasteiger partial charge in [-0.05, 0) is 64.7 Å². The number of hydrogen-bond donors (Lipinski definition) is 0. The highest BCUT2D eigenvalue weighted by Crippen LogP contribution is 2.60. The molecule has 1 spiro atoms. The molecule has 3 aliphatic rings. The van der Waals surface area contributed by atoms with Gasteiger partial charge in [-0.1, -0.05) is 20.8 Å². The molecular formula is C24H38O7Si. The first-order valence-electron chi connectivity index (χ1n) is 11.3. The lowest BCUT2D eigenvalue weighted by atomic mass is 9.74. The molecule has 2 fully saturated rings. The molecule has 180 valence electrons. The maximum absolute atomic E-state index is 13.6. The molecule has 3 atom stereocenters. The van der Waals surface area contributed by atoms with E-state index in [2.05, 4.69) is 33.9 Å². The molecule has 3 aliphatic heterocycles. The summed E-state index contributed by atoms with van der Waals surface area (Å²) in [5, 5.41) is -0.0150. The molecule has 7 nitrogen and oxygen atoms in total. The monoisotopic (exact) mass is 466 g/mol. The molecule has 32 heavy (non-hydrogen) atoms. The summed E-state index contributed by atoms with van der Waals surface area (Å²) in [5.74, 6) is -1.74. The predicted octanol–water partition coefficient (Wildman–Crippen LogP) is 4.24. The zero-order chi connectivity index (χ0) is 24.5. The van der Waals surface area contributed by atoms with Crippen LogP contribution in [0.3, 0.4) is 0 Å². The van der Waals surface area contributed by atoms with Crippen molar-refractivity contribution in [2.24, 2.45) is 0 Å². The molecular weight excluding hydrogens is 428 g/mol. The van der Waals surface area contributed by atoms with E-state index in [1.165, 1.54) is 0 Å². The molecule has 0 saturated carbocycles. The van der Waals surface area contributed by atoms with E-state index in [1.54, 1.807) is 34.6 Å². The summed E-state index contributed by atoms with van der Waals surface area (Å²) >= 11 is 0. The fourth-order valence-electron chi connectivity index (χ4n) is 4.58. The molecule has 3 heterocycles. The minimum atomic E-state index is -2.14. The summed E-state index contributed by atoms with van der Waals surface area (Å²) in [5.41, 5.74) is -4.35. The predicted molar refractivity (Wildman–Crippen MR) is 122 cm³/mol. The van der Waals surface area contributed by atoms with Crippen molar-refractivity contribution in [3.8, 4) is 0 Å². The Morgan fingerprint density at radius 2 is 1.69 bits per heavy atom. The molecule has 0 aromatic heterocycles. The van der Waals surface area contributed by atoms with Crippen LogP contribution in [0.4, 0.5) is 0 Å². The lowest BCUT2D eigenvalue weighted by Gasteiger charge is -2.43. The number of hydrogen-bond acceptors (Lipinski definition) is 7. The Morgan fingerprint density at radius 3 is 2.16 bits per heavy atom. The van der Waals surface area contributed by atoms with Crippen LogP contribution in [-0.2, 0) is 33.0 Å². The fourth-order valence-corrected chi connectivity index (χ4v) is 5.64. The van der Waals surface area contributed by atoms with Gasteiger partial charge < -0.3 is 18.6 Å². The van der Waals surface area contributed by atoms with Crippen LogP contribution in [0.2, 0.25) is 18.1 Å². The van der Waals surface area contributed by atoms with Crippen LogP contribution < -0.4 is 0 Å². The van der Waals surface area contributed by atoms with Gasteiger partial charge in [-0.3, -0.25) is 4.79 Å². The first-order valence-corrected chi connectivity index (χ1v) is 14.3. The Bertz CT molecular complexity index is 891. The average Bonchev–Trinajstić information content (AvgIpc) is 3.00. The fraction of sp³-hybridized carbons (Fsp3) is 0.792. The minimum absolute atomic E-state index is 0.0150. The van der Waals surface area contributed by atoms with E-state index < -0.39 is 48.4 Å². The maximum atomic E-state index is 13.6. The van der Waals surface area contributed by atoms with Gasteiger partial charge in [0.25, 0.3) is 5.60 Å². The molecule has 2 saturated heterocycles. The highest BCUT2D eigenvalue weighted by molar-refractivity contribution is 6.74. The number of carbonyl (C=O) groups is 3. The van der Waals surface area contributed by atoms with E-state index in [0.29, 0.717) is 17.6 Å². The molecule has 0 N–H and O–H groups in total. The number of Topliss-reactive ketones (excluding diaryl/α,β-unsaturated/α-hetero) is 1. The van der Waals surface area contributed by atoms with E-state index in [-0.39, 0.29) is 24.5 Å². The second-order valence-electron chi connectivity index (χ2n) is 12.1. The van der Waals surface area contributed by atoms with Gasteiger partial charge in [-0.15, -0.1) is 0 Å². The van der Waals surface area contributed by atoms with Crippen LogP contribution in [-0.4, -0.2) is 55.1 Å². The van der Waals surface area contributed by atoms with Gasteiger partial charge in [0, 0.05) is 18.4 Å². The molecule has 0 amide bonds. The van der Waals surface area contributed by atoms with Crippen LogP contribution in [0.15, 0.2) is 11.1 Å². The van der Waals surface area contributed by atoms with Gasteiger partial charge in [-0.2, -0.15) is 0 Å². The molecule has 0 aromatic rings. The van der Waals surface area contributed by atoms with Crippen LogP contribution >= 0.6 is 0 Å². The van der Waals surface area contributed by atoms with Crippen LogP contribution in [0.1, 0.15) is 74.7 Å². The third kappa shape index (κ3) is 3.58. The average molecular weight is 467 g/mol. The Kier molecular flexibility index (Phi) is 5.68. The third-order valence-electron chi connectivity index (χ3n) is 7.64. The highest BCUT2D eigenvalue weighted by Gasteiger charge is 2.79. The summed E-state index contributed by atoms with van der Waals surface area (Å²) in [6, 6.07) is 0. The Balaban J connectivity index is 2.10. The lowest BCUT2D eigenvalue weighted by Crippen LogP contribution is -2.65. The van der Waals surface area contributed by atoms with E-state index in [4.69, 9.17) is 18.6 Å². The quantitative estimate of drug-likeness (QED) is 0.348. The molecule has 0 radical (unpaired) electrons. The lowest BCUT2D eigenvalue weighted by molar-refractivity contribution is -0.217. The summed E-state index contributed by atoms with van der Waals surface area (Å²) < 4.78 is 24.5. The van der Waals surface area contributed by atoms with Gasteiger partial charge in [0.2, 0.25) is 0 Å². The number of rotatable bonds is 4. The highest BCUT2D eigenvalue weighted by atomic mass is 28.4. The van der Waals surface area contributed by atoms with Crippen molar-refractivity contribution in [2.75, 3.05) is 6.61 Å². The van der Waals surface area contributed by atoms with E-state index in [9.17, 15) is 14.4 Å². The summed E-state index contributed by atoms with van der Waals surface area (Å²) in [7, 11) is -2.14. The number of ether oxygens (including phenoxy) is 3. The Hall–Kier alpha value is -1.51. The van der Waals surface area contributed by atoms with Crippen LogP contribution in [0.5, 0.6) is 0 Å².